The monoisotopic (exact) mass is 307 g/mol. The van der Waals surface area contributed by atoms with Crippen LogP contribution in [0, 0.1) is 13.8 Å². The predicted octanol–water partition coefficient (Wildman–Crippen LogP) is 4.58. The van der Waals surface area contributed by atoms with Crippen LogP contribution in [0.3, 0.4) is 0 Å². The van der Waals surface area contributed by atoms with Gasteiger partial charge in [0.15, 0.2) is 0 Å². The minimum absolute atomic E-state index is 0.302. The largest absolute Gasteiger partial charge is 0.422 e. The van der Waals surface area contributed by atoms with Gasteiger partial charge >= 0.3 is 5.63 Å². The van der Waals surface area contributed by atoms with Gasteiger partial charge in [-0.05, 0) is 54.7 Å². The van der Waals surface area contributed by atoms with E-state index in [1.807, 2.05) is 19.9 Å². The SMILES string of the molecule is CCc1ccc(NCc2cc(=O)oc3c(C)c(C)ccc23)cc1. The summed E-state index contributed by atoms with van der Waals surface area (Å²) in [5.41, 5.74) is 5.86. The maximum atomic E-state index is 11.9. The van der Waals surface area contributed by atoms with Crippen LogP contribution in [0.5, 0.6) is 0 Å². The Balaban J connectivity index is 1.93. The lowest BCUT2D eigenvalue weighted by atomic mass is 10.0. The van der Waals surface area contributed by atoms with Crippen LogP contribution in [-0.4, -0.2) is 0 Å². The minimum atomic E-state index is -0.302. The van der Waals surface area contributed by atoms with E-state index in [-0.39, 0.29) is 5.63 Å². The lowest BCUT2D eigenvalue weighted by Crippen LogP contribution is -2.06. The van der Waals surface area contributed by atoms with E-state index in [4.69, 9.17) is 4.42 Å². The molecule has 1 aromatic heterocycles. The molecule has 0 aliphatic heterocycles. The second kappa shape index (κ2) is 6.29. The molecule has 0 aliphatic rings. The Morgan fingerprint density at radius 1 is 1.04 bits per heavy atom. The van der Waals surface area contributed by atoms with Crippen LogP contribution in [0.15, 0.2) is 51.7 Å². The van der Waals surface area contributed by atoms with Crippen molar-refractivity contribution in [2.45, 2.75) is 33.7 Å². The molecule has 0 radical (unpaired) electrons. The van der Waals surface area contributed by atoms with E-state index in [0.717, 1.165) is 34.2 Å². The molecule has 0 fully saturated rings. The highest BCUT2D eigenvalue weighted by molar-refractivity contribution is 5.84. The van der Waals surface area contributed by atoms with Crippen molar-refractivity contribution in [3.63, 3.8) is 0 Å². The highest BCUT2D eigenvalue weighted by atomic mass is 16.4. The Morgan fingerprint density at radius 2 is 1.78 bits per heavy atom. The number of hydrogen-bond acceptors (Lipinski definition) is 3. The molecular weight excluding hydrogens is 286 g/mol. The van der Waals surface area contributed by atoms with Gasteiger partial charge in [-0.2, -0.15) is 0 Å². The van der Waals surface area contributed by atoms with Crippen molar-refractivity contribution in [2.75, 3.05) is 5.32 Å². The van der Waals surface area contributed by atoms with Gasteiger partial charge in [0.2, 0.25) is 0 Å². The minimum Gasteiger partial charge on any atom is -0.422 e. The van der Waals surface area contributed by atoms with E-state index in [9.17, 15) is 4.79 Å². The molecule has 0 atom stereocenters. The summed E-state index contributed by atoms with van der Waals surface area (Å²) in [4.78, 5) is 11.9. The second-order valence-electron chi connectivity index (χ2n) is 5.88. The Hall–Kier alpha value is -2.55. The van der Waals surface area contributed by atoms with E-state index in [1.54, 1.807) is 6.07 Å². The quantitative estimate of drug-likeness (QED) is 0.717. The number of hydrogen-bond donors (Lipinski definition) is 1. The molecule has 23 heavy (non-hydrogen) atoms. The smallest absolute Gasteiger partial charge is 0.336 e. The van der Waals surface area contributed by atoms with Crippen LogP contribution >= 0.6 is 0 Å². The van der Waals surface area contributed by atoms with Gasteiger partial charge in [-0.1, -0.05) is 31.2 Å². The second-order valence-corrected chi connectivity index (χ2v) is 5.88. The van der Waals surface area contributed by atoms with E-state index in [0.29, 0.717) is 12.1 Å². The zero-order chi connectivity index (χ0) is 16.4. The first-order valence-electron chi connectivity index (χ1n) is 7.94. The van der Waals surface area contributed by atoms with Gasteiger partial charge < -0.3 is 9.73 Å². The third-order valence-electron chi connectivity index (χ3n) is 4.36. The predicted molar refractivity (Wildman–Crippen MR) is 95.1 cm³/mol. The zero-order valence-electron chi connectivity index (χ0n) is 13.8. The van der Waals surface area contributed by atoms with Crippen molar-refractivity contribution in [3.8, 4) is 0 Å². The maximum Gasteiger partial charge on any atom is 0.336 e. The van der Waals surface area contributed by atoms with E-state index in [1.165, 1.54) is 5.56 Å². The van der Waals surface area contributed by atoms with Crippen LogP contribution in [0.2, 0.25) is 0 Å². The van der Waals surface area contributed by atoms with Gasteiger partial charge in [-0.3, -0.25) is 0 Å². The van der Waals surface area contributed by atoms with Gasteiger partial charge in [-0.15, -0.1) is 0 Å². The number of benzene rings is 2. The lowest BCUT2D eigenvalue weighted by molar-refractivity contribution is 0.556. The zero-order valence-corrected chi connectivity index (χ0v) is 13.8. The fourth-order valence-electron chi connectivity index (χ4n) is 2.73. The summed E-state index contributed by atoms with van der Waals surface area (Å²) in [6, 6.07) is 14.0. The first-order chi connectivity index (χ1) is 11.1. The maximum absolute atomic E-state index is 11.9. The van der Waals surface area contributed by atoms with Gasteiger partial charge in [0.1, 0.15) is 5.58 Å². The molecule has 0 spiro atoms. The van der Waals surface area contributed by atoms with E-state index >= 15 is 0 Å². The third-order valence-corrected chi connectivity index (χ3v) is 4.36. The van der Waals surface area contributed by atoms with Crippen molar-refractivity contribution in [3.05, 3.63) is 75.1 Å². The highest BCUT2D eigenvalue weighted by Crippen LogP contribution is 2.24. The normalized spacial score (nSPS) is 10.9. The molecule has 1 N–H and O–H groups in total. The van der Waals surface area contributed by atoms with Crippen molar-refractivity contribution < 1.29 is 4.42 Å². The van der Waals surface area contributed by atoms with Crippen molar-refractivity contribution in [1.82, 2.24) is 0 Å². The Labute approximate surface area is 136 Å². The van der Waals surface area contributed by atoms with E-state index in [2.05, 4.69) is 42.6 Å². The summed E-state index contributed by atoms with van der Waals surface area (Å²) in [5, 5.41) is 4.38. The van der Waals surface area contributed by atoms with Crippen LogP contribution in [0.4, 0.5) is 5.69 Å². The molecule has 0 amide bonds. The summed E-state index contributed by atoms with van der Waals surface area (Å²) in [6.07, 6.45) is 1.03. The summed E-state index contributed by atoms with van der Waals surface area (Å²) < 4.78 is 5.41. The number of fused-ring (bicyclic) bond motifs is 1. The fourth-order valence-corrected chi connectivity index (χ4v) is 2.73. The average Bonchev–Trinajstić information content (AvgIpc) is 2.57. The Kier molecular flexibility index (Phi) is 4.20. The molecule has 3 heteroatoms. The molecule has 3 aromatic rings. The van der Waals surface area contributed by atoms with Crippen molar-refractivity contribution in [2.24, 2.45) is 0 Å². The Bertz CT molecular complexity index is 892. The number of anilines is 1. The molecule has 0 unspecified atom stereocenters. The standard InChI is InChI=1S/C20H21NO2/c1-4-15-6-8-17(9-7-15)21-12-16-11-19(22)23-20-14(3)13(2)5-10-18(16)20/h5-11,21H,4,12H2,1-3H3. The van der Waals surface area contributed by atoms with Crippen molar-refractivity contribution >= 4 is 16.7 Å². The molecule has 118 valence electrons. The summed E-state index contributed by atoms with van der Waals surface area (Å²) in [5.74, 6) is 0. The number of aryl methyl sites for hydroxylation is 3. The summed E-state index contributed by atoms with van der Waals surface area (Å²) in [7, 11) is 0. The summed E-state index contributed by atoms with van der Waals surface area (Å²) >= 11 is 0. The molecule has 2 aromatic carbocycles. The van der Waals surface area contributed by atoms with Gasteiger partial charge in [0.25, 0.3) is 0 Å². The molecule has 3 rings (SSSR count). The summed E-state index contributed by atoms with van der Waals surface area (Å²) in [6.45, 7) is 6.74. The van der Waals surface area contributed by atoms with Crippen LogP contribution in [0.25, 0.3) is 11.0 Å². The molecule has 0 saturated heterocycles. The third kappa shape index (κ3) is 3.14. The first kappa shape index (κ1) is 15.3. The lowest BCUT2D eigenvalue weighted by Gasteiger charge is -2.11. The first-order valence-corrected chi connectivity index (χ1v) is 7.94. The Morgan fingerprint density at radius 3 is 2.48 bits per heavy atom. The highest BCUT2D eigenvalue weighted by Gasteiger charge is 2.09. The molecule has 0 aliphatic carbocycles. The van der Waals surface area contributed by atoms with Gasteiger partial charge in [-0.25, -0.2) is 4.79 Å². The van der Waals surface area contributed by atoms with Crippen LogP contribution in [-0.2, 0) is 13.0 Å². The van der Waals surface area contributed by atoms with Crippen LogP contribution < -0.4 is 10.9 Å². The molecule has 0 bridgehead atoms. The van der Waals surface area contributed by atoms with Gasteiger partial charge in [0, 0.05) is 23.7 Å². The number of nitrogens with one attached hydrogen (secondary N) is 1. The molecule has 0 saturated carbocycles. The van der Waals surface area contributed by atoms with Crippen LogP contribution in [0.1, 0.15) is 29.2 Å². The molecule has 1 heterocycles. The molecular formula is C20H21NO2. The topological polar surface area (TPSA) is 42.2 Å². The fraction of sp³-hybridized carbons (Fsp3) is 0.250. The molecule has 3 nitrogen and oxygen atoms in total. The van der Waals surface area contributed by atoms with Gasteiger partial charge in [0.05, 0.1) is 0 Å². The number of rotatable bonds is 4. The van der Waals surface area contributed by atoms with Crippen molar-refractivity contribution in [1.29, 1.82) is 0 Å². The van der Waals surface area contributed by atoms with E-state index < -0.39 is 0 Å². The average molecular weight is 307 g/mol.